The van der Waals surface area contributed by atoms with E-state index in [9.17, 15) is 0 Å². The van der Waals surface area contributed by atoms with Gasteiger partial charge in [0.1, 0.15) is 17.1 Å². The summed E-state index contributed by atoms with van der Waals surface area (Å²) in [6.45, 7) is 0. The average molecular weight is 443 g/mol. The molecule has 0 saturated heterocycles. The molecule has 1 aromatic carbocycles. The normalized spacial score (nSPS) is 10.3. The second kappa shape index (κ2) is 7.23. The van der Waals surface area contributed by atoms with Gasteiger partial charge in [-0.25, -0.2) is 4.98 Å². The van der Waals surface area contributed by atoms with E-state index in [0.29, 0.717) is 0 Å². The Balaban J connectivity index is 0.00000192. The summed E-state index contributed by atoms with van der Waals surface area (Å²) in [4.78, 5) is 4.68. The molecule has 2 heterocycles. The summed E-state index contributed by atoms with van der Waals surface area (Å²) in [6, 6.07) is 7.80. The van der Waals surface area contributed by atoms with Gasteiger partial charge in [0, 0.05) is 42.8 Å². The topological polar surface area (TPSA) is 47.8 Å². The summed E-state index contributed by atoms with van der Waals surface area (Å²) in [6.07, 6.45) is 3.95. The summed E-state index contributed by atoms with van der Waals surface area (Å²) in [5.41, 5.74) is 3.64. The second-order valence-electron chi connectivity index (χ2n) is 4.74. The van der Waals surface area contributed by atoms with Crippen LogP contribution < -0.4 is 14.8 Å². The largest absolute Gasteiger partial charge is 0.496 e. The van der Waals surface area contributed by atoms with Gasteiger partial charge in [0.05, 0.1) is 24.4 Å². The zero-order valence-corrected chi connectivity index (χ0v) is 16.3. The maximum atomic E-state index is 5.48. The molecular weight excluding hydrogens is 426 g/mol. The van der Waals surface area contributed by atoms with Gasteiger partial charge >= 0.3 is 0 Å². The molecule has 0 saturated carbocycles. The monoisotopic (exact) mass is 441 g/mol. The van der Waals surface area contributed by atoms with E-state index in [1.54, 1.807) is 14.2 Å². The van der Waals surface area contributed by atoms with E-state index in [-0.39, 0.29) is 17.0 Å². The number of benzene rings is 1. The number of nitrogens with zero attached hydrogens (tertiary/aromatic N) is 2. The average Bonchev–Trinajstić information content (AvgIpc) is 2.97. The molecular formula is C16H17Br2N3O2. The molecule has 0 aliphatic rings. The van der Waals surface area contributed by atoms with Crippen LogP contribution in [0.2, 0.25) is 0 Å². The van der Waals surface area contributed by atoms with Gasteiger partial charge in [-0.15, -0.1) is 17.0 Å². The number of nitrogens with one attached hydrogen (secondary N) is 1. The molecule has 0 unspecified atom stereocenters. The molecule has 7 heteroatoms. The third kappa shape index (κ3) is 3.30. The van der Waals surface area contributed by atoms with Gasteiger partial charge in [-0.2, -0.15) is 0 Å². The summed E-state index contributed by atoms with van der Waals surface area (Å²) in [5, 5.41) is 3.11. The summed E-state index contributed by atoms with van der Waals surface area (Å²) in [7, 11) is 5.16. The molecule has 1 N–H and O–H groups in total. The van der Waals surface area contributed by atoms with E-state index >= 15 is 0 Å². The first kappa shape index (κ1) is 17.6. The molecule has 0 spiro atoms. The van der Waals surface area contributed by atoms with Crippen LogP contribution in [0.5, 0.6) is 11.5 Å². The van der Waals surface area contributed by atoms with Crippen LogP contribution >= 0.6 is 32.9 Å². The molecule has 0 aliphatic carbocycles. The maximum absolute atomic E-state index is 5.48. The summed E-state index contributed by atoms with van der Waals surface area (Å²) >= 11 is 3.51. The fourth-order valence-corrected chi connectivity index (χ4v) is 2.83. The van der Waals surface area contributed by atoms with Crippen molar-refractivity contribution >= 4 is 44.2 Å². The van der Waals surface area contributed by atoms with Crippen LogP contribution in [0.15, 0.2) is 41.1 Å². The number of ether oxygens (including phenoxy) is 2. The highest BCUT2D eigenvalue weighted by molar-refractivity contribution is 9.10. The van der Waals surface area contributed by atoms with Gasteiger partial charge < -0.3 is 19.2 Å². The minimum absolute atomic E-state index is 0. The van der Waals surface area contributed by atoms with Gasteiger partial charge in [0.15, 0.2) is 0 Å². The smallest absolute Gasteiger partial charge is 0.139 e. The zero-order valence-electron chi connectivity index (χ0n) is 13.0. The summed E-state index contributed by atoms with van der Waals surface area (Å²) < 4.78 is 13.6. The summed E-state index contributed by atoms with van der Waals surface area (Å²) in [5.74, 6) is 1.44. The van der Waals surface area contributed by atoms with E-state index in [2.05, 4.69) is 26.2 Å². The van der Waals surface area contributed by atoms with Crippen LogP contribution in [0, 0.1) is 0 Å². The maximum Gasteiger partial charge on any atom is 0.139 e. The van der Waals surface area contributed by atoms with Gasteiger partial charge in [0.2, 0.25) is 0 Å². The fraction of sp³-hybridized carbons (Fsp3) is 0.188. The molecule has 2 aromatic heterocycles. The number of hydrogen-bond acceptors (Lipinski definition) is 4. The van der Waals surface area contributed by atoms with E-state index < -0.39 is 0 Å². The molecule has 0 radical (unpaired) electrons. The minimum Gasteiger partial charge on any atom is -0.496 e. The molecule has 0 bridgehead atoms. The number of methoxy groups -OCH3 is 2. The molecule has 3 rings (SSSR count). The second-order valence-corrected chi connectivity index (χ2v) is 5.60. The van der Waals surface area contributed by atoms with Crippen molar-refractivity contribution in [2.75, 3.05) is 26.6 Å². The Morgan fingerprint density at radius 1 is 1.13 bits per heavy atom. The lowest BCUT2D eigenvalue weighted by Crippen LogP contribution is -1.92. The lowest BCUT2D eigenvalue weighted by molar-refractivity contribution is 0.393. The standard InChI is InChI=1S/C16H16BrN3O2.BrH/c1-18-10-4-5-20-9-13(19-16(20)6-10)11-7-12(17)15(22-3)8-14(11)21-2;/h4-9,18H,1-3H3;1H. The van der Waals surface area contributed by atoms with Crippen LogP contribution in [0.1, 0.15) is 0 Å². The Labute approximate surface area is 153 Å². The molecule has 5 nitrogen and oxygen atoms in total. The van der Waals surface area contributed by atoms with E-state index in [0.717, 1.165) is 38.6 Å². The van der Waals surface area contributed by atoms with Crippen molar-refractivity contribution < 1.29 is 9.47 Å². The Morgan fingerprint density at radius 2 is 1.87 bits per heavy atom. The van der Waals surface area contributed by atoms with Crippen LogP contribution in [-0.2, 0) is 0 Å². The van der Waals surface area contributed by atoms with Crippen molar-refractivity contribution in [2.24, 2.45) is 0 Å². The first-order valence-electron chi connectivity index (χ1n) is 6.74. The van der Waals surface area contributed by atoms with Gasteiger partial charge in [0.25, 0.3) is 0 Å². The lowest BCUT2D eigenvalue weighted by Gasteiger charge is -2.10. The van der Waals surface area contributed by atoms with Crippen molar-refractivity contribution in [3.8, 4) is 22.8 Å². The molecule has 0 amide bonds. The lowest BCUT2D eigenvalue weighted by atomic mass is 10.1. The van der Waals surface area contributed by atoms with Crippen molar-refractivity contribution in [3.05, 3.63) is 41.1 Å². The minimum atomic E-state index is 0. The Morgan fingerprint density at radius 3 is 2.52 bits per heavy atom. The third-order valence-corrected chi connectivity index (χ3v) is 4.12. The number of pyridine rings is 1. The van der Waals surface area contributed by atoms with E-state index in [1.165, 1.54) is 0 Å². The van der Waals surface area contributed by atoms with Crippen molar-refractivity contribution in [1.29, 1.82) is 0 Å². The third-order valence-electron chi connectivity index (χ3n) is 3.50. The molecule has 23 heavy (non-hydrogen) atoms. The molecule has 3 aromatic rings. The van der Waals surface area contributed by atoms with Crippen molar-refractivity contribution in [2.45, 2.75) is 0 Å². The number of rotatable bonds is 4. The highest BCUT2D eigenvalue weighted by Crippen LogP contribution is 2.38. The molecule has 0 fully saturated rings. The molecule has 0 atom stereocenters. The number of aromatic nitrogens is 2. The first-order chi connectivity index (χ1) is 10.7. The highest BCUT2D eigenvalue weighted by atomic mass is 79.9. The van der Waals surface area contributed by atoms with Gasteiger partial charge in [-0.05, 0) is 28.1 Å². The highest BCUT2D eigenvalue weighted by Gasteiger charge is 2.14. The fourth-order valence-electron chi connectivity index (χ4n) is 2.33. The number of halogens is 2. The quantitative estimate of drug-likeness (QED) is 0.650. The van der Waals surface area contributed by atoms with Crippen LogP contribution in [0.3, 0.4) is 0 Å². The zero-order chi connectivity index (χ0) is 15.7. The van der Waals surface area contributed by atoms with E-state index in [4.69, 9.17) is 9.47 Å². The molecule has 122 valence electrons. The van der Waals surface area contributed by atoms with Crippen LogP contribution in [0.4, 0.5) is 5.69 Å². The SMILES string of the molecule is Br.CNc1ccn2cc(-c3cc(Br)c(OC)cc3OC)nc2c1. The van der Waals surface area contributed by atoms with Crippen LogP contribution in [-0.4, -0.2) is 30.7 Å². The molecule has 0 aliphatic heterocycles. The van der Waals surface area contributed by atoms with Gasteiger partial charge in [-0.3, -0.25) is 0 Å². The Bertz CT molecular complexity index is 834. The van der Waals surface area contributed by atoms with Gasteiger partial charge in [-0.1, -0.05) is 0 Å². The Hall–Kier alpha value is -1.73. The van der Waals surface area contributed by atoms with Crippen LogP contribution in [0.25, 0.3) is 16.9 Å². The predicted octanol–water partition coefficient (Wildman–Crippen LogP) is 4.40. The number of anilines is 1. The number of imidazole rings is 1. The Kier molecular flexibility index (Phi) is 5.54. The van der Waals surface area contributed by atoms with Crippen molar-refractivity contribution in [3.63, 3.8) is 0 Å². The first-order valence-corrected chi connectivity index (χ1v) is 7.54. The number of hydrogen-bond donors (Lipinski definition) is 1. The predicted molar refractivity (Wildman–Crippen MR) is 101 cm³/mol. The van der Waals surface area contributed by atoms with E-state index in [1.807, 2.05) is 48.1 Å². The number of fused-ring (bicyclic) bond motifs is 1. The van der Waals surface area contributed by atoms with Crippen molar-refractivity contribution in [1.82, 2.24) is 9.38 Å².